The molecule has 0 aliphatic heterocycles. The molecule has 0 aliphatic carbocycles. The topological polar surface area (TPSA) is 73.0 Å². The van der Waals surface area contributed by atoms with Gasteiger partial charge in [0.1, 0.15) is 0 Å². The quantitative estimate of drug-likeness (QED) is 0.687. The predicted octanol–water partition coefficient (Wildman–Crippen LogP) is 2.87. The van der Waals surface area contributed by atoms with E-state index in [1.165, 1.54) is 0 Å². The number of nitrogens with zero attached hydrogens (tertiary/aromatic N) is 3. The summed E-state index contributed by atoms with van der Waals surface area (Å²) in [5.41, 5.74) is 4.66. The Morgan fingerprint density at radius 3 is 2.60 bits per heavy atom. The summed E-state index contributed by atoms with van der Waals surface area (Å²) in [5, 5.41) is 18.6. The van der Waals surface area contributed by atoms with Gasteiger partial charge in [-0.05, 0) is 26.3 Å². The highest BCUT2D eigenvalue weighted by Gasteiger charge is 2.12. The van der Waals surface area contributed by atoms with Crippen molar-refractivity contribution in [1.29, 1.82) is 0 Å². The molecule has 6 heteroatoms. The number of rotatable bonds is 4. The normalized spacial score (nSPS) is 10.6. The van der Waals surface area contributed by atoms with Crippen molar-refractivity contribution in [3.63, 3.8) is 0 Å². The third kappa shape index (κ3) is 2.64. The zero-order valence-electron chi connectivity index (χ0n) is 12.1. The summed E-state index contributed by atoms with van der Waals surface area (Å²) in [5.74, 6) is 0. The van der Waals surface area contributed by atoms with Crippen molar-refractivity contribution in [1.82, 2.24) is 9.78 Å². The van der Waals surface area contributed by atoms with Crippen molar-refractivity contribution in [2.75, 3.05) is 5.32 Å². The van der Waals surface area contributed by atoms with E-state index in [0.29, 0.717) is 12.1 Å². The van der Waals surface area contributed by atoms with E-state index in [-0.39, 0.29) is 10.6 Å². The Balaban J connectivity index is 2.19. The molecule has 2 rings (SSSR count). The van der Waals surface area contributed by atoms with Crippen LogP contribution in [0.25, 0.3) is 0 Å². The van der Waals surface area contributed by atoms with Gasteiger partial charge in [-0.2, -0.15) is 5.10 Å². The van der Waals surface area contributed by atoms with Crippen LogP contribution in [0, 0.1) is 30.9 Å². The van der Waals surface area contributed by atoms with Gasteiger partial charge < -0.3 is 5.32 Å². The summed E-state index contributed by atoms with van der Waals surface area (Å²) in [6.07, 6.45) is 0. The van der Waals surface area contributed by atoms with E-state index in [1.54, 1.807) is 19.1 Å². The van der Waals surface area contributed by atoms with Gasteiger partial charge in [0.2, 0.25) is 0 Å². The average molecular weight is 274 g/mol. The molecule has 20 heavy (non-hydrogen) atoms. The monoisotopic (exact) mass is 274 g/mol. The van der Waals surface area contributed by atoms with Crippen molar-refractivity contribution in [2.24, 2.45) is 7.05 Å². The van der Waals surface area contributed by atoms with Gasteiger partial charge in [0.15, 0.2) is 0 Å². The molecule has 1 aromatic heterocycles. The molecule has 1 aromatic carbocycles. The molecule has 0 fully saturated rings. The second-order valence-corrected chi connectivity index (χ2v) is 4.90. The van der Waals surface area contributed by atoms with Crippen LogP contribution in [0.3, 0.4) is 0 Å². The van der Waals surface area contributed by atoms with Crippen LogP contribution >= 0.6 is 0 Å². The molecular formula is C14H18N4O2. The first kappa shape index (κ1) is 14.0. The van der Waals surface area contributed by atoms with Gasteiger partial charge in [-0.3, -0.25) is 14.8 Å². The number of benzene rings is 1. The smallest absolute Gasteiger partial charge is 0.272 e. The number of nitro benzene ring substituents is 1. The summed E-state index contributed by atoms with van der Waals surface area (Å²) in [4.78, 5) is 10.6. The van der Waals surface area contributed by atoms with Gasteiger partial charge in [-0.15, -0.1) is 0 Å². The lowest BCUT2D eigenvalue weighted by Crippen LogP contribution is -2.03. The predicted molar refractivity (Wildman–Crippen MR) is 77.8 cm³/mol. The lowest BCUT2D eigenvalue weighted by molar-refractivity contribution is -0.385. The highest BCUT2D eigenvalue weighted by molar-refractivity contribution is 5.53. The maximum atomic E-state index is 10.9. The third-order valence-corrected chi connectivity index (χ3v) is 3.45. The van der Waals surface area contributed by atoms with Crippen LogP contribution < -0.4 is 5.32 Å². The Hall–Kier alpha value is -2.37. The Morgan fingerprint density at radius 1 is 1.35 bits per heavy atom. The maximum absolute atomic E-state index is 10.9. The van der Waals surface area contributed by atoms with Gasteiger partial charge >= 0.3 is 0 Å². The van der Waals surface area contributed by atoms with Crippen LogP contribution in [0.15, 0.2) is 18.2 Å². The molecule has 0 unspecified atom stereocenters. The Labute approximate surface area is 117 Å². The minimum Gasteiger partial charge on any atom is -0.378 e. The standard InChI is InChI=1S/C14H18N4O2/c1-9-5-6-12(7-13(9)18(19)20)8-15-14-10(2)16-17(4)11(14)3/h5-7,15H,8H2,1-4H3. The summed E-state index contributed by atoms with van der Waals surface area (Å²) in [7, 11) is 1.89. The lowest BCUT2D eigenvalue weighted by atomic mass is 10.1. The minimum absolute atomic E-state index is 0.156. The van der Waals surface area contributed by atoms with Crippen LogP contribution in [-0.2, 0) is 13.6 Å². The van der Waals surface area contributed by atoms with Crippen LogP contribution in [0.4, 0.5) is 11.4 Å². The fraction of sp³-hybridized carbons (Fsp3) is 0.357. The van der Waals surface area contributed by atoms with Gasteiger partial charge in [-0.1, -0.05) is 12.1 Å². The van der Waals surface area contributed by atoms with Crippen LogP contribution in [0.1, 0.15) is 22.5 Å². The van der Waals surface area contributed by atoms with Crippen LogP contribution in [0.5, 0.6) is 0 Å². The number of aromatic nitrogens is 2. The van der Waals surface area contributed by atoms with E-state index < -0.39 is 0 Å². The molecule has 0 amide bonds. The Morgan fingerprint density at radius 2 is 2.05 bits per heavy atom. The lowest BCUT2D eigenvalue weighted by Gasteiger charge is -2.07. The van der Waals surface area contributed by atoms with Crippen molar-refractivity contribution in [3.8, 4) is 0 Å². The molecule has 106 valence electrons. The van der Waals surface area contributed by atoms with E-state index in [0.717, 1.165) is 22.6 Å². The summed E-state index contributed by atoms with van der Waals surface area (Å²) in [6, 6.07) is 5.29. The van der Waals surface area contributed by atoms with Gasteiger partial charge in [0.05, 0.1) is 22.0 Å². The first-order chi connectivity index (χ1) is 9.40. The number of anilines is 1. The number of hydrogen-bond donors (Lipinski definition) is 1. The average Bonchev–Trinajstić information content (AvgIpc) is 2.62. The second-order valence-electron chi connectivity index (χ2n) is 4.90. The van der Waals surface area contributed by atoms with Gasteiger partial charge in [0.25, 0.3) is 5.69 Å². The first-order valence-electron chi connectivity index (χ1n) is 6.38. The summed E-state index contributed by atoms with van der Waals surface area (Å²) >= 11 is 0. The fourth-order valence-electron chi connectivity index (χ4n) is 2.18. The van der Waals surface area contributed by atoms with Gasteiger partial charge in [-0.25, -0.2) is 0 Å². The van der Waals surface area contributed by atoms with E-state index in [9.17, 15) is 10.1 Å². The minimum atomic E-state index is -0.348. The molecule has 0 aliphatic rings. The molecule has 0 bridgehead atoms. The molecule has 0 saturated heterocycles. The first-order valence-corrected chi connectivity index (χ1v) is 6.38. The number of nitrogens with one attached hydrogen (secondary N) is 1. The third-order valence-electron chi connectivity index (χ3n) is 3.45. The molecule has 1 N–H and O–H groups in total. The van der Waals surface area contributed by atoms with E-state index >= 15 is 0 Å². The number of hydrogen-bond acceptors (Lipinski definition) is 4. The number of aryl methyl sites for hydroxylation is 3. The Bertz CT molecular complexity index is 661. The highest BCUT2D eigenvalue weighted by atomic mass is 16.6. The van der Waals surface area contributed by atoms with Crippen molar-refractivity contribution < 1.29 is 4.92 Å². The molecule has 0 radical (unpaired) electrons. The molecular weight excluding hydrogens is 256 g/mol. The molecule has 2 aromatic rings. The van der Waals surface area contributed by atoms with E-state index in [4.69, 9.17) is 0 Å². The number of nitro groups is 1. The van der Waals surface area contributed by atoms with Crippen LogP contribution in [0.2, 0.25) is 0 Å². The molecule has 0 saturated carbocycles. The molecule has 1 heterocycles. The van der Waals surface area contributed by atoms with Crippen molar-refractivity contribution >= 4 is 11.4 Å². The molecule has 0 atom stereocenters. The zero-order chi connectivity index (χ0) is 14.9. The second kappa shape index (κ2) is 5.32. The Kier molecular flexibility index (Phi) is 3.74. The van der Waals surface area contributed by atoms with E-state index in [1.807, 2.05) is 31.6 Å². The van der Waals surface area contributed by atoms with Crippen molar-refractivity contribution in [2.45, 2.75) is 27.3 Å². The van der Waals surface area contributed by atoms with E-state index in [2.05, 4.69) is 10.4 Å². The highest BCUT2D eigenvalue weighted by Crippen LogP contribution is 2.22. The van der Waals surface area contributed by atoms with Crippen molar-refractivity contribution in [3.05, 3.63) is 50.8 Å². The molecule has 6 nitrogen and oxygen atoms in total. The maximum Gasteiger partial charge on any atom is 0.272 e. The largest absolute Gasteiger partial charge is 0.378 e. The van der Waals surface area contributed by atoms with Crippen LogP contribution in [-0.4, -0.2) is 14.7 Å². The summed E-state index contributed by atoms with van der Waals surface area (Å²) in [6.45, 7) is 6.20. The zero-order valence-corrected chi connectivity index (χ0v) is 12.1. The fourth-order valence-corrected chi connectivity index (χ4v) is 2.18. The summed E-state index contributed by atoms with van der Waals surface area (Å²) < 4.78 is 1.81. The SMILES string of the molecule is Cc1ccc(CNc2c(C)nn(C)c2C)cc1[N+](=O)[O-]. The molecule has 0 spiro atoms. The van der Waals surface area contributed by atoms with Gasteiger partial charge in [0, 0.05) is 25.2 Å².